The lowest BCUT2D eigenvalue weighted by Gasteiger charge is -2.20. The molecule has 2 atom stereocenters. The van der Waals surface area contributed by atoms with Crippen LogP contribution in [0.15, 0.2) is 28.7 Å². The number of halogens is 1. The highest BCUT2D eigenvalue weighted by molar-refractivity contribution is 9.10. The summed E-state index contributed by atoms with van der Waals surface area (Å²) in [5, 5.41) is 0. The van der Waals surface area contributed by atoms with Crippen molar-refractivity contribution in [3.63, 3.8) is 0 Å². The van der Waals surface area contributed by atoms with Crippen LogP contribution in [0.3, 0.4) is 0 Å². The monoisotopic (exact) mass is 265 g/mol. The Kier molecular flexibility index (Phi) is 2.57. The summed E-state index contributed by atoms with van der Waals surface area (Å²) in [6.45, 7) is 2.64. The first-order valence-electron chi connectivity index (χ1n) is 5.84. The number of rotatable bonds is 1. The molecule has 1 nitrogen and oxygen atoms in total. The largest absolute Gasteiger partial charge is 0.300 e. The SMILES string of the molecule is Brc1cccc(C2CCN3CCCC23)c1. The summed E-state index contributed by atoms with van der Waals surface area (Å²) in [4.78, 5) is 2.67. The molecule has 0 saturated carbocycles. The second kappa shape index (κ2) is 3.91. The molecule has 0 amide bonds. The first-order valence-corrected chi connectivity index (χ1v) is 6.63. The van der Waals surface area contributed by atoms with E-state index in [1.54, 1.807) is 0 Å². The number of hydrogen-bond donors (Lipinski definition) is 0. The molecule has 0 bridgehead atoms. The molecule has 0 aromatic heterocycles. The van der Waals surface area contributed by atoms with E-state index < -0.39 is 0 Å². The van der Waals surface area contributed by atoms with Crippen molar-refractivity contribution in [2.75, 3.05) is 13.1 Å². The highest BCUT2D eigenvalue weighted by Crippen LogP contribution is 2.39. The van der Waals surface area contributed by atoms with E-state index in [9.17, 15) is 0 Å². The van der Waals surface area contributed by atoms with Gasteiger partial charge in [-0.1, -0.05) is 28.1 Å². The van der Waals surface area contributed by atoms with Crippen molar-refractivity contribution >= 4 is 15.9 Å². The Labute approximate surface area is 99.6 Å². The zero-order valence-corrected chi connectivity index (χ0v) is 10.4. The molecule has 2 heteroatoms. The molecular weight excluding hydrogens is 250 g/mol. The Morgan fingerprint density at radius 3 is 3.00 bits per heavy atom. The van der Waals surface area contributed by atoms with Gasteiger partial charge in [-0.2, -0.15) is 0 Å². The number of benzene rings is 1. The molecule has 2 fully saturated rings. The molecule has 0 radical (unpaired) electrons. The van der Waals surface area contributed by atoms with Gasteiger partial charge in [-0.15, -0.1) is 0 Å². The van der Waals surface area contributed by atoms with Gasteiger partial charge >= 0.3 is 0 Å². The minimum Gasteiger partial charge on any atom is -0.300 e. The van der Waals surface area contributed by atoms with Crippen molar-refractivity contribution in [2.24, 2.45) is 0 Å². The zero-order valence-electron chi connectivity index (χ0n) is 8.82. The molecule has 0 aliphatic carbocycles. The standard InChI is InChI=1S/C13H16BrN/c14-11-4-1-3-10(9-11)12-6-8-15-7-2-5-13(12)15/h1,3-4,9,12-13H,2,5-8H2. The third-order valence-corrected chi connectivity index (χ3v) is 4.38. The van der Waals surface area contributed by atoms with Crippen LogP contribution in [-0.4, -0.2) is 24.0 Å². The van der Waals surface area contributed by atoms with E-state index in [1.807, 2.05) is 0 Å². The fourth-order valence-corrected chi connectivity index (χ4v) is 3.63. The molecule has 2 unspecified atom stereocenters. The van der Waals surface area contributed by atoms with Gasteiger partial charge in [-0.3, -0.25) is 4.90 Å². The normalized spacial score (nSPS) is 30.7. The molecule has 3 rings (SSSR count). The van der Waals surface area contributed by atoms with Crippen LogP contribution in [-0.2, 0) is 0 Å². The molecule has 0 spiro atoms. The third-order valence-electron chi connectivity index (χ3n) is 3.88. The average Bonchev–Trinajstić information content (AvgIpc) is 2.77. The number of hydrogen-bond acceptors (Lipinski definition) is 1. The predicted molar refractivity (Wildman–Crippen MR) is 66.1 cm³/mol. The maximum atomic E-state index is 3.57. The highest BCUT2D eigenvalue weighted by atomic mass is 79.9. The van der Waals surface area contributed by atoms with Crippen LogP contribution in [0.4, 0.5) is 0 Å². The van der Waals surface area contributed by atoms with E-state index in [1.165, 1.54) is 42.4 Å². The van der Waals surface area contributed by atoms with Crippen LogP contribution in [0.2, 0.25) is 0 Å². The number of nitrogens with zero attached hydrogens (tertiary/aromatic N) is 1. The van der Waals surface area contributed by atoms with Crippen LogP contribution >= 0.6 is 15.9 Å². The Morgan fingerprint density at radius 2 is 2.13 bits per heavy atom. The maximum absolute atomic E-state index is 3.57. The Morgan fingerprint density at radius 1 is 1.20 bits per heavy atom. The van der Waals surface area contributed by atoms with Gasteiger partial charge < -0.3 is 0 Å². The van der Waals surface area contributed by atoms with Crippen molar-refractivity contribution in [1.29, 1.82) is 0 Å². The summed E-state index contributed by atoms with van der Waals surface area (Å²) in [6, 6.07) is 9.70. The summed E-state index contributed by atoms with van der Waals surface area (Å²) < 4.78 is 1.22. The topological polar surface area (TPSA) is 3.24 Å². The van der Waals surface area contributed by atoms with Gasteiger partial charge in [0.05, 0.1) is 0 Å². The lowest BCUT2D eigenvalue weighted by molar-refractivity contribution is 0.314. The molecule has 0 N–H and O–H groups in total. The van der Waals surface area contributed by atoms with Crippen molar-refractivity contribution in [3.8, 4) is 0 Å². The molecule has 1 aromatic rings. The molecule has 15 heavy (non-hydrogen) atoms. The molecule has 2 aliphatic heterocycles. The lowest BCUT2D eigenvalue weighted by Crippen LogP contribution is -2.25. The van der Waals surface area contributed by atoms with Crippen molar-refractivity contribution in [3.05, 3.63) is 34.3 Å². The van der Waals surface area contributed by atoms with E-state index in [4.69, 9.17) is 0 Å². The third kappa shape index (κ3) is 1.74. The van der Waals surface area contributed by atoms with Gasteiger partial charge in [-0.25, -0.2) is 0 Å². The molecule has 2 saturated heterocycles. The molecule has 1 aromatic carbocycles. The quantitative estimate of drug-likeness (QED) is 0.753. The minimum absolute atomic E-state index is 0.782. The second-order valence-electron chi connectivity index (χ2n) is 4.70. The van der Waals surface area contributed by atoms with E-state index >= 15 is 0 Å². The summed E-state index contributed by atoms with van der Waals surface area (Å²) in [7, 11) is 0. The van der Waals surface area contributed by atoms with E-state index in [0.29, 0.717) is 0 Å². The van der Waals surface area contributed by atoms with Crippen LogP contribution < -0.4 is 0 Å². The lowest BCUT2D eigenvalue weighted by atomic mass is 9.90. The van der Waals surface area contributed by atoms with Gasteiger partial charge in [0.25, 0.3) is 0 Å². The first kappa shape index (κ1) is 9.86. The molecular formula is C13H16BrN. The van der Waals surface area contributed by atoms with Gasteiger partial charge in [-0.05, 0) is 50.0 Å². The summed E-state index contributed by atoms with van der Waals surface area (Å²) in [5.74, 6) is 0.782. The highest BCUT2D eigenvalue weighted by Gasteiger charge is 2.37. The van der Waals surface area contributed by atoms with Crippen LogP contribution in [0.1, 0.15) is 30.7 Å². The molecule has 80 valence electrons. The van der Waals surface area contributed by atoms with Crippen LogP contribution in [0.5, 0.6) is 0 Å². The van der Waals surface area contributed by atoms with Crippen molar-refractivity contribution in [1.82, 2.24) is 4.90 Å². The Balaban J connectivity index is 1.88. The van der Waals surface area contributed by atoms with Gasteiger partial charge in [0.2, 0.25) is 0 Å². The van der Waals surface area contributed by atoms with Crippen molar-refractivity contribution in [2.45, 2.75) is 31.2 Å². The second-order valence-corrected chi connectivity index (χ2v) is 5.61. The Hall–Kier alpha value is -0.340. The van der Waals surface area contributed by atoms with Gasteiger partial charge in [0, 0.05) is 16.4 Å². The molecule has 2 aliphatic rings. The van der Waals surface area contributed by atoms with Crippen molar-refractivity contribution < 1.29 is 0 Å². The summed E-state index contributed by atoms with van der Waals surface area (Å²) in [5.41, 5.74) is 1.53. The smallest absolute Gasteiger partial charge is 0.0178 e. The van der Waals surface area contributed by atoms with Gasteiger partial charge in [0.1, 0.15) is 0 Å². The molecule has 2 heterocycles. The van der Waals surface area contributed by atoms with Crippen LogP contribution in [0.25, 0.3) is 0 Å². The van der Waals surface area contributed by atoms with Gasteiger partial charge in [0.15, 0.2) is 0 Å². The Bertz CT molecular complexity index is 363. The maximum Gasteiger partial charge on any atom is 0.0178 e. The van der Waals surface area contributed by atoms with E-state index in [0.717, 1.165) is 12.0 Å². The van der Waals surface area contributed by atoms with Crippen LogP contribution in [0, 0.1) is 0 Å². The summed E-state index contributed by atoms with van der Waals surface area (Å²) >= 11 is 3.57. The average molecular weight is 266 g/mol. The predicted octanol–water partition coefficient (Wildman–Crippen LogP) is 3.40. The first-order chi connectivity index (χ1) is 7.34. The minimum atomic E-state index is 0.782. The fourth-order valence-electron chi connectivity index (χ4n) is 3.21. The summed E-state index contributed by atoms with van der Waals surface area (Å²) in [6.07, 6.45) is 4.15. The number of fused-ring (bicyclic) bond motifs is 1. The van der Waals surface area contributed by atoms with E-state index in [-0.39, 0.29) is 0 Å². The zero-order chi connectivity index (χ0) is 10.3. The van der Waals surface area contributed by atoms with E-state index in [2.05, 4.69) is 45.1 Å². The fraction of sp³-hybridized carbons (Fsp3) is 0.538.